The first-order chi connectivity index (χ1) is 12.9. The van der Waals surface area contributed by atoms with Crippen LogP contribution in [0, 0.1) is 6.92 Å². The van der Waals surface area contributed by atoms with Crippen LogP contribution < -0.4 is 5.32 Å². The predicted molar refractivity (Wildman–Crippen MR) is 107 cm³/mol. The minimum Gasteiger partial charge on any atom is -0.325 e. The number of aryl methyl sites for hydroxylation is 1. The highest BCUT2D eigenvalue weighted by atomic mass is 35.5. The molecule has 6 nitrogen and oxygen atoms in total. The van der Waals surface area contributed by atoms with Gasteiger partial charge in [-0.25, -0.2) is 9.67 Å². The number of hydrogen-bond donors (Lipinski definition) is 1. The van der Waals surface area contributed by atoms with Crippen molar-refractivity contribution in [1.29, 1.82) is 0 Å². The van der Waals surface area contributed by atoms with Gasteiger partial charge in [-0.2, -0.15) is 5.10 Å². The zero-order valence-corrected chi connectivity index (χ0v) is 16.3. The average Bonchev–Trinajstić information content (AvgIpc) is 3.18. The predicted octanol–water partition coefficient (Wildman–Crippen LogP) is 3.86. The molecule has 0 aliphatic heterocycles. The standard InChI is InChI=1S/C20H22ClN5O/c1-14-10-17(21)6-9-19(14)24-20(27)11-25(3)15(2)16-4-7-18(8-5-16)26-13-22-12-23-26/h4-10,12-13,15H,11H2,1-3H3,(H,24,27)/t15-/m0/s1. The number of likely N-dealkylation sites (N-methyl/N-ethyl adjacent to an activating group) is 1. The smallest absolute Gasteiger partial charge is 0.238 e. The molecule has 1 N–H and O–H groups in total. The van der Waals surface area contributed by atoms with E-state index in [1.807, 2.05) is 55.3 Å². The highest BCUT2D eigenvalue weighted by Crippen LogP contribution is 2.22. The van der Waals surface area contributed by atoms with E-state index in [-0.39, 0.29) is 18.5 Å². The summed E-state index contributed by atoms with van der Waals surface area (Å²) in [6.45, 7) is 4.28. The van der Waals surface area contributed by atoms with Crippen molar-refractivity contribution in [2.24, 2.45) is 0 Å². The van der Waals surface area contributed by atoms with Crippen molar-refractivity contribution in [2.75, 3.05) is 18.9 Å². The van der Waals surface area contributed by atoms with Gasteiger partial charge in [0.25, 0.3) is 0 Å². The van der Waals surface area contributed by atoms with Crippen molar-refractivity contribution in [2.45, 2.75) is 19.9 Å². The molecule has 140 valence electrons. The molecule has 3 aromatic rings. The normalized spacial score (nSPS) is 12.2. The number of nitrogens with zero attached hydrogens (tertiary/aromatic N) is 4. The Bertz CT molecular complexity index is 909. The quantitative estimate of drug-likeness (QED) is 0.702. The number of benzene rings is 2. The van der Waals surface area contributed by atoms with Gasteiger partial charge in [0, 0.05) is 16.8 Å². The summed E-state index contributed by atoms with van der Waals surface area (Å²) >= 11 is 5.96. The Morgan fingerprint density at radius 3 is 2.63 bits per heavy atom. The van der Waals surface area contributed by atoms with Crippen LogP contribution in [-0.2, 0) is 4.79 Å². The van der Waals surface area contributed by atoms with Crippen molar-refractivity contribution in [1.82, 2.24) is 19.7 Å². The molecule has 0 bridgehead atoms. The molecule has 0 unspecified atom stereocenters. The summed E-state index contributed by atoms with van der Waals surface area (Å²) in [5.74, 6) is -0.0611. The molecule has 0 spiro atoms. The maximum atomic E-state index is 12.4. The Morgan fingerprint density at radius 1 is 1.26 bits per heavy atom. The fourth-order valence-electron chi connectivity index (χ4n) is 2.82. The van der Waals surface area contributed by atoms with E-state index in [9.17, 15) is 4.79 Å². The largest absolute Gasteiger partial charge is 0.325 e. The number of hydrogen-bond acceptors (Lipinski definition) is 4. The zero-order chi connectivity index (χ0) is 19.4. The van der Waals surface area contributed by atoms with E-state index in [4.69, 9.17) is 11.6 Å². The lowest BCUT2D eigenvalue weighted by Crippen LogP contribution is -2.32. The Hall–Kier alpha value is -2.70. The summed E-state index contributed by atoms with van der Waals surface area (Å²) in [4.78, 5) is 18.4. The Morgan fingerprint density at radius 2 is 2.00 bits per heavy atom. The molecule has 0 radical (unpaired) electrons. The molecule has 0 aliphatic rings. The first kappa shape index (κ1) is 19.1. The van der Waals surface area contributed by atoms with Gasteiger partial charge in [0.2, 0.25) is 5.91 Å². The van der Waals surface area contributed by atoms with Gasteiger partial charge in [0.1, 0.15) is 12.7 Å². The molecule has 1 heterocycles. The van der Waals surface area contributed by atoms with Crippen molar-refractivity contribution in [3.63, 3.8) is 0 Å². The van der Waals surface area contributed by atoms with Crippen LogP contribution in [-0.4, -0.2) is 39.2 Å². The molecule has 2 aromatic carbocycles. The summed E-state index contributed by atoms with van der Waals surface area (Å²) in [6.07, 6.45) is 3.17. The van der Waals surface area contributed by atoms with Crippen molar-refractivity contribution in [3.05, 3.63) is 71.3 Å². The molecule has 27 heavy (non-hydrogen) atoms. The van der Waals surface area contributed by atoms with Gasteiger partial charge in [-0.15, -0.1) is 0 Å². The molecular weight excluding hydrogens is 362 g/mol. The molecule has 1 atom stereocenters. The Kier molecular flexibility index (Phi) is 5.88. The van der Waals surface area contributed by atoms with Crippen molar-refractivity contribution >= 4 is 23.2 Å². The minimum atomic E-state index is -0.0611. The Balaban J connectivity index is 1.61. The molecule has 0 saturated heterocycles. The molecule has 0 aliphatic carbocycles. The Labute approximate surface area is 163 Å². The summed E-state index contributed by atoms with van der Waals surface area (Å²) in [5, 5.41) is 7.72. The van der Waals surface area contributed by atoms with Crippen LogP contribution in [0.25, 0.3) is 5.69 Å². The number of nitrogens with one attached hydrogen (secondary N) is 1. The number of amides is 1. The number of carbonyl (C=O) groups is 1. The van der Waals surface area contributed by atoms with E-state index in [0.29, 0.717) is 5.02 Å². The van der Waals surface area contributed by atoms with Crippen molar-refractivity contribution in [3.8, 4) is 5.69 Å². The third-order valence-corrected chi connectivity index (χ3v) is 4.81. The third kappa shape index (κ3) is 4.72. The van der Waals surface area contributed by atoms with Gasteiger partial charge in [-0.1, -0.05) is 23.7 Å². The fourth-order valence-corrected chi connectivity index (χ4v) is 3.05. The molecule has 0 fully saturated rings. The highest BCUT2D eigenvalue weighted by Gasteiger charge is 2.16. The average molecular weight is 384 g/mol. The van der Waals surface area contributed by atoms with Gasteiger partial charge < -0.3 is 5.32 Å². The first-order valence-electron chi connectivity index (χ1n) is 8.65. The van der Waals surface area contributed by atoms with E-state index in [1.54, 1.807) is 17.1 Å². The number of aromatic nitrogens is 3. The maximum absolute atomic E-state index is 12.4. The summed E-state index contributed by atoms with van der Waals surface area (Å²) in [5.41, 5.74) is 3.79. The topological polar surface area (TPSA) is 63.1 Å². The molecular formula is C20H22ClN5O. The van der Waals surface area contributed by atoms with Gasteiger partial charge in [0.15, 0.2) is 0 Å². The van der Waals surface area contributed by atoms with E-state index >= 15 is 0 Å². The lowest BCUT2D eigenvalue weighted by atomic mass is 10.1. The SMILES string of the molecule is Cc1cc(Cl)ccc1NC(=O)CN(C)[C@@H](C)c1ccc(-n2cncn2)cc1. The van der Waals surface area contributed by atoms with E-state index in [1.165, 1.54) is 6.33 Å². The number of anilines is 1. The van der Waals surface area contributed by atoms with E-state index in [0.717, 1.165) is 22.5 Å². The second-order valence-electron chi connectivity index (χ2n) is 6.53. The third-order valence-electron chi connectivity index (χ3n) is 4.58. The van der Waals surface area contributed by atoms with Crippen LogP contribution in [0.5, 0.6) is 0 Å². The molecule has 1 aromatic heterocycles. The summed E-state index contributed by atoms with van der Waals surface area (Å²) < 4.78 is 1.71. The highest BCUT2D eigenvalue weighted by molar-refractivity contribution is 6.30. The van der Waals surface area contributed by atoms with Gasteiger partial charge in [-0.3, -0.25) is 9.69 Å². The van der Waals surface area contributed by atoms with E-state index in [2.05, 4.69) is 22.3 Å². The zero-order valence-electron chi connectivity index (χ0n) is 15.6. The summed E-state index contributed by atoms with van der Waals surface area (Å²) in [6, 6.07) is 13.6. The lowest BCUT2D eigenvalue weighted by molar-refractivity contribution is -0.117. The van der Waals surface area contributed by atoms with Crippen LogP contribution in [0.1, 0.15) is 24.1 Å². The molecule has 7 heteroatoms. The van der Waals surface area contributed by atoms with Crippen LogP contribution in [0.2, 0.25) is 5.02 Å². The molecule has 0 saturated carbocycles. The lowest BCUT2D eigenvalue weighted by Gasteiger charge is -2.25. The van der Waals surface area contributed by atoms with Crippen LogP contribution in [0.15, 0.2) is 55.1 Å². The second kappa shape index (κ2) is 8.33. The maximum Gasteiger partial charge on any atom is 0.238 e. The summed E-state index contributed by atoms with van der Waals surface area (Å²) in [7, 11) is 1.93. The number of carbonyl (C=O) groups excluding carboxylic acids is 1. The van der Waals surface area contributed by atoms with Crippen LogP contribution in [0.3, 0.4) is 0 Å². The van der Waals surface area contributed by atoms with Gasteiger partial charge in [0.05, 0.1) is 12.2 Å². The number of rotatable bonds is 6. The van der Waals surface area contributed by atoms with Crippen LogP contribution in [0.4, 0.5) is 5.69 Å². The number of halogens is 1. The fraction of sp³-hybridized carbons (Fsp3) is 0.250. The molecule has 3 rings (SSSR count). The minimum absolute atomic E-state index is 0.0611. The monoisotopic (exact) mass is 383 g/mol. The second-order valence-corrected chi connectivity index (χ2v) is 6.97. The van der Waals surface area contributed by atoms with Crippen molar-refractivity contribution < 1.29 is 4.79 Å². The van der Waals surface area contributed by atoms with Gasteiger partial charge >= 0.3 is 0 Å². The van der Waals surface area contributed by atoms with Gasteiger partial charge in [-0.05, 0) is 62.4 Å². The first-order valence-corrected chi connectivity index (χ1v) is 9.03. The van der Waals surface area contributed by atoms with E-state index < -0.39 is 0 Å². The molecule has 1 amide bonds. The van der Waals surface area contributed by atoms with Crippen LogP contribution >= 0.6 is 11.6 Å².